The van der Waals surface area contributed by atoms with Gasteiger partial charge in [-0.15, -0.1) is 0 Å². The second-order valence-corrected chi connectivity index (χ2v) is 3.23. The van der Waals surface area contributed by atoms with Crippen LogP contribution in [-0.2, 0) is 4.79 Å². The van der Waals surface area contributed by atoms with E-state index in [9.17, 15) is 14.7 Å². The van der Waals surface area contributed by atoms with Gasteiger partial charge in [0.05, 0.1) is 0 Å². The molecule has 18 heavy (non-hydrogen) atoms. The van der Waals surface area contributed by atoms with Crippen LogP contribution in [0.15, 0.2) is 42.2 Å². The van der Waals surface area contributed by atoms with Gasteiger partial charge in [0.2, 0.25) is 5.76 Å². The molecule has 1 aromatic rings. The summed E-state index contributed by atoms with van der Waals surface area (Å²) in [5.41, 5.74) is -0.241. The summed E-state index contributed by atoms with van der Waals surface area (Å²) in [4.78, 5) is 21.7. The van der Waals surface area contributed by atoms with Crippen LogP contribution >= 0.6 is 0 Å². The number of para-hydroxylation sites is 1. The normalized spacial score (nSPS) is 11.7. The van der Waals surface area contributed by atoms with Gasteiger partial charge in [-0.1, -0.05) is 24.0 Å². The SMILES string of the molecule is O=C(O)/C(O)=C/C=C/C(=O)c1cccc(O)c1[O-]. The maximum Gasteiger partial charge on any atom is 0.370 e. The quantitative estimate of drug-likeness (QED) is 0.313. The Balaban J connectivity index is 2.90. The third kappa shape index (κ3) is 3.11. The Morgan fingerprint density at radius 1 is 1.22 bits per heavy atom. The third-order valence-electron chi connectivity index (χ3n) is 1.98. The van der Waals surface area contributed by atoms with E-state index in [1.165, 1.54) is 12.1 Å². The summed E-state index contributed by atoms with van der Waals surface area (Å²) in [6, 6.07) is 3.72. The maximum atomic E-state index is 11.5. The minimum atomic E-state index is -1.53. The molecule has 0 fully saturated rings. The number of aromatic hydroxyl groups is 1. The first-order chi connectivity index (χ1) is 8.43. The van der Waals surface area contributed by atoms with Crippen molar-refractivity contribution in [2.45, 2.75) is 0 Å². The summed E-state index contributed by atoms with van der Waals surface area (Å²) in [5.74, 6) is -4.52. The van der Waals surface area contributed by atoms with Crippen molar-refractivity contribution in [3.05, 3.63) is 47.7 Å². The summed E-state index contributed by atoms with van der Waals surface area (Å²) >= 11 is 0. The third-order valence-corrected chi connectivity index (χ3v) is 1.98. The van der Waals surface area contributed by atoms with Crippen molar-refractivity contribution in [1.29, 1.82) is 0 Å². The lowest BCUT2D eigenvalue weighted by Gasteiger charge is -2.12. The van der Waals surface area contributed by atoms with Crippen LogP contribution in [0.25, 0.3) is 0 Å². The number of phenolic OH excluding ortho intramolecular Hbond substituents is 1. The Morgan fingerprint density at radius 3 is 2.50 bits per heavy atom. The Kier molecular flexibility index (Phi) is 4.09. The van der Waals surface area contributed by atoms with Crippen molar-refractivity contribution >= 4 is 11.8 Å². The van der Waals surface area contributed by atoms with E-state index in [1.807, 2.05) is 0 Å². The number of rotatable bonds is 4. The highest BCUT2D eigenvalue weighted by atomic mass is 16.4. The van der Waals surface area contributed by atoms with Gasteiger partial charge in [0.25, 0.3) is 0 Å². The van der Waals surface area contributed by atoms with Crippen LogP contribution in [0.5, 0.6) is 11.5 Å². The largest absolute Gasteiger partial charge is 0.869 e. The number of hydrogen-bond acceptors (Lipinski definition) is 5. The molecule has 6 heteroatoms. The molecule has 0 amide bonds. The number of phenols is 1. The first kappa shape index (κ1) is 13.3. The number of carboxylic acid groups (broad SMARTS) is 1. The van der Waals surface area contributed by atoms with Crippen LogP contribution < -0.4 is 5.11 Å². The standard InChI is InChI=1S/C12H10O6/c13-8(4-2-6-10(15)12(17)18)7-3-1-5-9(14)11(7)16/h1-6,14-16H,(H,17,18)/p-1/b4-2+,10-6-. The molecule has 0 aromatic heterocycles. The van der Waals surface area contributed by atoms with E-state index in [-0.39, 0.29) is 5.56 Å². The van der Waals surface area contributed by atoms with Crippen LogP contribution in [0.1, 0.15) is 10.4 Å². The predicted octanol–water partition coefficient (Wildman–Crippen LogP) is 0.731. The van der Waals surface area contributed by atoms with Crippen molar-refractivity contribution in [3.8, 4) is 11.5 Å². The number of aliphatic hydroxyl groups is 1. The number of aliphatic carboxylic acids is 1. The first-order valence-corrected chi connectivity index (χ1v) is 4.77. The molecule has 0 aliphatic heterocycles. The second kappa shape index (κ2) is 5.53. The molecule has 1 aromatic carbocycles. The number of carboxylic acids is 1. The molecule has 0 spiro atoms. The molecule has 94 valence electrons. The summed E-state index contributed by atoms with van der Waals surface area (Å²) in [5, 5.41) is 37.6. The molecular formula is C12H9O6-. The van der Waals surface area contributed by atoms with E-state index in [2.05, 4.69) is 0 Å². The first-order valence-electron chi connectivity index (χ1n) is 4.77. The number of hydrogen-bond donors (Lipinski definition) is 3. The number of aliphatic hydroxyl groups excluding tert-OH is 1. The average molecular weight is 249 g/mol. The molecule has 0 radical (unpaired) electrons. The van der Waals surface area contributed by atoms with Crippen molar-refractivity contribution in [1.82, 2.24) is 0 Å². The van der Waals surface area contributed by atoms with Crippen LogP contribution in [-0.4, -0.2) is 27.1 Å². The van der Waals surface area contributed by atoms with Gasteiger partial charge in [-0.3, -0.25) is 4.79 Å². The lowest BCUT2D eigenvalue weighted by Crippen LogP contribution is -2.02. The van der Waals surface area contributed by atoms with Gasteiger partial charge in [-0.05, 0) is 18.2 Å². The molecule has 0 unspecified atom stereocenters. The molecule has 0 aliphatic carbocycles. The Hall–Kier alpha value is -2.76. The van der Waals surface area contributed by atoms with E-state index in [0.29, 0.717) is 0 Å². The van der Waals surface area contributed by atoms with E-state index in [1.54, 1.807) is 0 Å². The zero-order chi connectivity index (χ0) is 13.7. The maximum absolute atomic E-state index is 11.5. The smallest absolute Gasteiger partial charge is 0.370 e. The average Bonchev–Trinajstić information content (AvgIpc) is 2.32. The van der Waals surface area contributed by atoms with E-state index in [0.717, 1.165) is 24.3 Å². The summed E-state index contributed by atoms with van der Waals surface area (Å²) in [7, 11) is 0. The van der Waals surface area contributed by atoms with Crippen molar-refractivity contribution < 1.29 is 30.0 Å². The molecule has 0 aliphatic rings. The molecule has 0 saturated carbocycles. The lowest BCUT2D eigenvalue weighted by molar-refractivity contribution is -0.270. The molecule has 0 atom stereocenters. The van der Waals surface area contributed by atoms with Gasteiger partial charge in [0, 0.05) is 5.56 Å². The minimum Gasteiger partial charge on any atom is -0.869 e. The van der Waals surface area contributed by atoms with Gasteiger partial charge in [-0.25, -0.2) is 4.79 Å². The fraction of sp³-hybridized carbons (Fsp3) is 0. The van der Waals surface area contributed by atoms with Crippen LogP contribution in [0.2, 0.25) is 0 Å². The molecule has 3 N–H and O–H groups in total. The molecular weight excluding hydrogens is 240 g/mol. The van der Waals surface area contributed by atoms with Gasteiger partial charge >= 0.3 is 5.97 Å². The summed E-state index contributed by atoms with van der Waals surface area (Å²) in [6.07, 6.45) is 2.71. The fourth-order valence-corrected chi connectivity index (χ4v) is 1.11. The summed E-state index contributed by atoms with van der Waals surface area (Å²) in [6.45, 7) is 0. The second-order valence-electron chi connectivity index (χ2n) is 3.23. The lowest BCUT2D eigenvalue weighted by atomic mass is 10.1. The molecule has 0 saturated heterocycles. The van der Waals surface area contributed by atoms with E-state index >= 15 is 0 Å². The molecule has 0 heterocycles. The highest BCUT2D eigenvalue weighted by molar-refractivity contribution is 6.07. The van der Waals surface area contributed by atoms with Crippen LogP contribution in [0, 0.1) is 0 Å². The topological polar surface area (TPSA) is 118 Å². The highest BCUT2D eigenvalue weighted by Crippen LogP contribution is 2.25. The van der Waals surface area contributed by atoms with Gasteiger partial charge in [0.1, 0.15) is 5.75 Å². The number of ketones is 1. The van der Waals surface area contributed by atoms with Gasteiger partial charge in [0.15, 0.2) is 5.78 Å². The minimum absolute atomic E-state index is 0.241. The van der Waals surface area contributed by atoms with Crippen molar-refractivity contribution in [3.63, 3.8) is 0 Å². The van der Waals surface area contributed by atoms with E-state index in [4.69, 9.17) is 15.3 Å². The van der Waals surface area contributed by atoms with Crippen LogP contribution in [0.4, 0.5) is 0 Å². The van der Waals surface area contributed by atoms with Crippen molar-refractivity contribution in [2.24, 2.45) is 0 Å². The van der Waals surface area contributed by atoms with Gasteiger partial charge in [-0.2, -0.15) is 0 Å². The summed E-state index contributed by atoms with van der Waals surface area (Å²) < 4.78 is 0. The number of carbonyl (C=O) groups excluding carboxylic acids is 1. The molecule has 1 rings (SSSR count). The van der Waals surface area contributed by atoms with E-state index < -0.39 is 29.0 Å². The predicted molar refractivity (Wildman–Crippen MR) is 59.4 cm³/mol. The fourth-order valence-electron chi connectivity index (χ4n) is 1.11. The highest BCUT2D eigenvalue weighted by Gasteiger charge is 2.05. The molecule has 0 bridgehead atoms. The number of allylic oxidation sites excluding steroid dienone is 3. The van der Waals surface area contributed by atoms with Crippen molar-refractivity contribution in [2.75, 3.05) is 0 Å². The Bertz CT molecular complexity index is 541. The molecule has 6 nitrogen and oxygen atoms in total. The van der Waals surface area contributed by atoms with Crippen LogP contribution in [0.3, 0.4) is 0 Å². The number of carbonyl (C=O) groups is 2. The zero-order valence-corrected chi connectivity index (χ0v) is 9.03. The monoisotopic (exact) mass is 249 g/mol. The number of benzene rings is 1. The Labute approximate surface area is 102 Å². The van der Waals surface area contributed by atoms with Gasteiger partial charge < -0.3 is 20.4 Å². The Morgan fingerprint density at radius 2 is 1.89 bits per heavy atom. The zero-order valence-electron chi connectivity index (χ0n) is 9.03.